The van der Waals surface area contributed by atoms with Crippen molar-refractivity contribution in [2.75, 3.05) is 10.6 Å². The number of carbonyl (C=O) groups excluding carboxylic acids is 1. The molecule has 138 valence electrons. The van der Waals surface area contributed by atoms with E-state index < -0.39 is 0 Å². The fraction of sp³-hybridized carbons (Fsp3) is 0.364. The minimum Gasteiger partial charge on any atom is -0.380 e. The number of benzene rings is 2. The number of amides is 1. The fourth-order valence-electron chi connectivity index (χ4n) is 4.10. The lowest BCUT2D eigenvalue weighted by atomic mass is 9.99. The molecule has 1 aliphatic carbocycles. The van der Waals surface area contributed by atoms with Crippen LogP contribution in [0, 0.1) is 0 Å². The van der Waals surface area contributed by atoms with E-state index in [9.17, 15) is 4.79 Å². The minimum atomic E-state index is 0.0570. The third-order valence-electron chi connectivity index (χ3n) is 5.57. The van der Waals surface area contributed by atoms with Gasteiger partial charge in [0.05, 0.1) is 22.6 Å². The van der Waals surface area contributed by atoms with Crippen molar-refractivity contribution in [1.29, 1.82) is 0 Å². The van der Waals surface area contributed by atoms with Gasteiger partial charge in [-0.15, -0.1) is 0 Å². The lowest BCUT2D eigenvalue weighted by molar-refractivity contribution is -0.116. The molecule has 2 aromatic carbocycles. The van der Waals surface area contributed by atoms with Crippen LogP contribution in [0.4, 0.5) is 11.4 Å². The Bertz CT molecular complexity index is 1050. The van der Waals surface area contributed by atoms with Gasteiger partial charge < -0.3 is 10.6 Å². The SMILES string of the molecule is CCn1nc(C2CC2)c2cc(-c3cccc4c3NC(C)CC(=O)N4)ccc21. The molecule has 2 N–H and O–H groups in total. The van der Waals surface area contributed by atoms with Crippen LogP contribution in [0.5, 0.6) is 0 Å². The second-order valence-corrected chi connectivity index (χ2v) is 7.73. The molecule has 2 aliphatic rings. The molecule has 1 amide bonds. The van der Waals surface area contributed by atoms with E-state index in [1.807, 2.05) is 19.1 Å². The molecule has 1 fully saturated rings. The summed E-state index contributed by atoms with van der Waals surface area (Å²) in [5.41, 5.74) is 6.59. The Morgan fingerprint density at radius 3 is 2.85 bits per heavy atom. The highest BCUT2D eigenvalue weighted by atomic mass is 16.1. The van der Waals surface area contributed by atoms with Gasteiger partial charge >= 0.3 is 0 Å². The molecule has 5 nitrogen and oxygen atoms in total. The van der Waals surface area contributed by atoms with Crippen LogP contribution < -0.4 is 10.6 Å². The minimum absolute atomic E-state index is 0.0570. The maximum absolute atomic E-state index is 12.1. The van der Waals surface area contributed by atoms with Crippen LogP contribution in [0.15, 0.2) is 36.4 Å². The van der Waals surface area contributed by atoms with Crippen LogP contribution in [-0.4, -0.2) is 21.7 Å². The zero-order valence-corrected chi connectivity index (χ0v) is 15.7. The lowest BCUT2D eigenvalue weighted by Gasteiger charge is -2.17. The average Bonchev–Trinajstić information content (AvgIpc) is 3.44. The van der Waals surface area contributed by atoms with E-state index in [4.69, 9.17) is 5.10 Å². The number of aromatic nitrogens is 2. The summed E-state index contributed by atoms with van der Waals surface area (Å²) in [4.78, 5) is 12.1. The van der Waals surface area contributed by atoms with Crippen molar-refractivity contribution in [2.45, 2.75) is 51.6 Å². The standard InChI is InChI=1S/C22H24N4O/c1-3-26-19-10-9-15(12-17(19)21(25-26)14-7-8-14)16-5-4-6-18-22(16)23-13(2)11-20(27)24-18/h4-6,9-10,12-14,23H,3,7-8,11H2,1-2H3,(H,24,27). The van der Waals surface area contributed by atoms with E-state index in [1.165, 1.54) is 29.4 Å². The normalized spacial score (nSPS) is 19.3. The molecule has 2 heterocycles. The first kappa shape index (κ1) is 16.4. The molecule has 0 spiro atoms. The van der Waals surface area contributed by atoms with Gasteiger partial charge in [0.2, 0.25) is 5.91 Å². The third-order valence-corrected chi connectivity index (χ3v) is 5.57. The van der Waals surface area contributed by atoms with Crippen LogP contribution in [0.2, 0.25) is 0 Å². The summed E-state index contributed by atoms with van der Waals surface area (Å²) in [5, 5.41) is 12.7. The number of para-hydroxylation sites is 1. The topological polar surface area (TPSA) is 59.0 Å². The van der Waals surface area contributed by atoms with Gasteiger partial charge in [0, 0.05) is 35.9 Å². The molecule has 27 heavy (non-hydrogen) atoms. The van der Waals surface area contributed by atoms with Gasteiger partial charge in [0.1, 0.15) is 0 Å². The highest BCUT2D eigenvalue weighted by Crippen LogP contribution is 2.44. The maximum atomic E-state index is 12.1. The Labute approximate surface area is 158 Å². The molecular weight excluding hydrogens is 336 g/mol. The number of carbonyl (C=O) groups is 1. The van der Waals surface area contributed by atoms with Gasteiger partial charge in [-0.25, -0.2) is 0 Å². The maximum Gasteiger partial charge on any atom is 0.226 e. The molecule has 5 heteroatoms. The van der Waals surface area contributed by atoms with Crippen LogP contribution in [0.25, 0.3) is 22.0 Å². The predicted octanol–water partition coefficient (Wildman–Crippen LogP) is 4.74. The summed E-state index contributed by atoms with van der Waals surface area (Å²) in [7, 11) is 0. The fourth-order valence-corrected chi connectivity index (χ4v) is 4.10. The van der Waals surface area contributed by atoms with Crippen molar-refractivity contribution in [3.05, 3.63) is 42.1 Å². The Kier molecular flexibility index (Phi) is 3.71. The lowest BCUT2D eigenvalue weighted by Crippen LogP contribution is -2.19. The van der Waals surface area contributed by atoms with Gasteiger partial charge in [-0.05, 0) is 50.5 Å². The van der Waals surface area contributed by atoms with E-state index in [0.717, 1.165) is 29.0 Å². The number of nitrogens with one attached hydrogen (secondary N) is 2. The summed E-state index contributed by atoms with van der Waals surface area (Å²) in [6, 6.07) is 12.8. The van der Waals surface area contributed by atoms with Crippen molar-refractivity contribution in [2.24, 2.45) is 0 Å². The summed E-state index contributed by atoms with van der Waals surface area (Å²) >= 11 is 0. The molecule has 5 rings (SSSR count). The second-order valence-electron chi connectivity index (χ2n) is 7.73. The monoisotopic (exact) mass is 360 g/mol. The zero-order chi connectivity index (χ0) is 18.5. The molecule has 3 aromatic rings. The van der Waals surface area contributed by atoms with Crippen molar-refractivity contribution >= 4 is 28.2 Å². The quantitative estimate of drug-likeness (QED) is 0.709. The number of rotatable bonds is 3. The zero-order valence-electron chi connectivity index (χ0n) is 15.7. The molecule has 1 saturated carbocycles. The van der Waals surface area contributed by atoms with E-state index in [1.54, 1.807) is 0 Å². The summed E-state index contributed by atoms with van der Waals surface area (Å²) in [6.07, 6.45) is 2.96. The molecule has 1 unspecified atom stereocenters. The van der Waals surface area contributed by atoms with Crippen LogP contribution in [-0.2, 0) is 11.3 Å². The van der Waals surface area contributed by atoms with E-state index in [-0.39, 0.29) is 11.9 Å². The van der Waals surface area contributed by atoms with Gasteiger partial charge in [-0.1, -0.05) is 18.2 Å². The van der Waals surface area contributed by atoms with Crippen LogP contribution in [0.1, 0.15) is 44.7 Å². The molecule has 1 aromatic heterocycles. The number of fused-ring (bicyclic) bond motifs is 2. The van der Waals surface area contributed by atoms with Gasteiger partial charge in [0.25, 0.3) is 0 Å². The van der Waals surface area contributed by atoms with E-state index in [0.29, 0.717) is 12.3 Å². The first-order chi connectivity index (χ1) is 13.1. The Balaban J connectivity index is 1.67. The van der Waals surface area contributed by atoms with Gasteiger partial charge in [-0.3, -0.25) is 9.48 Å². The average molecular weight is 360 g/mol. The van der Waals surface area contributed by atoms with Crippen LogP contribution >= 0.6 is 0 Å². The Morgan fingerprint density at radius 1 is 1.22 bits per heavy atom. The van der Waals surface area contributed by atoms with E-state index >= 15 is 0 Å². The van der Waals surface area contributed by atoms with Gasteiger partial charge in [0.15, 0.2) is 0 Å². The summed E-state index contributed by atoms with van der Waals surface area (Å²) < 4.78 is 2.11. The highest BCUT2D eigenvalue weighted by Gasteiger charge is 2.29. The van der Waals surface area contributed by atoms with Crippen molar-refractivity contribution in [3.63, 3.8) is 0 Å². The Morgan fingerprint density at radius 2 is 2.07 bits per heavy atom. The van der Waals surface area contributed by atoms with Crippen molar-refractivity contribution < 1.29 is 4.79 Å². The number of nitrogens with zero attached hydrogens (tertiary/aromatic N) is 2. The number of hydrogen-bond donors (Lipinski definition) is 2. The van der Waals surface area contributed by atoms with Gasteiger partial charge in [-0.2, -0.15) is 5.10 Å². The third kappa shape index (κ3) is 2.78. The molecule has 0 radical (unpaired) electrons. The summed E-state index contributed by atoms with van der Waals surface area (Å²) in [6.45, 7) is 5.07. The first-order valence-corrected chi connectivity index (χ1v) is 9.84. The highest BCUT2D eigenvalue weighted by molar-refractivity contribution is 6.01. The molecular formula is C22H24N4O. The second kappa shape index (κ2) is 6.12. The largest absolute Gasteiger partial charge is 0.380 e. The summed E-state index contributed by atoms with van der Waals surface area (Å²) in [5.74, 6) is 0.669. The van der Waals surface area contributed by atoms with E-state index in [2.05, 4.69) is 46.5 Å². The predicted molar refractivity (Wildman–Crippen MR) is 109 cm³/mol. The molecule has 0 saturated heterocycles. The van der Waals surface area contributed by atoms with Crippen LogP contribution in [0.3, 0.4) is 0 Å². The number of hydrogen-bond acceptors (Lipinski definition) is 3. The molecule has 1 atom stereocenters. The number of aryl methyl sites for hydroxylation is 1. The number of anilines is 2. The van der Waals surface area contributed by atoms with Crippen molar-refractivity contribution in [1.82, 2.24) is 9.78 Å². The van der Waals surface area contributed by atoms with Crippen molar-refractivity contribution in [3.8, 4) is 11.1 Å². The smallest absolute Gasteiger partial charge is 0.226 e. The molecule has 0 bridgehead atoms. The molecule has 1 aliphatic heterocycles. The first-order valence-electron chi connectivity index (χ1n) is 9.84. The Hall–Kier alpha value is -2.82.